The van der Waals surface area contributed by atoms with Gasteiger partial charge >= 0.3 is 0 Å². The summed E-state index contributed by atoms with van der Waals surface area (Å²) >= 11 is 1.26. The van der Waals surface area contributed by atoms with Gasteiger partial charge in [0.05, 0.1) is 12.2 Å². The molecule has 8 nitrogen and oxygen atoms in total. The summed E-state index contributed by atoms with van der Waals surface area (Å²) in [4.78, 5) is 21.4. The van der Waals surface area contributed by atoms with Crippen molar-refractivity contribution in [2.24, 2.45) is 10.1 Å². The molecule has 2 aromatic carbocycles. The zero-order valence-corrected chi connectivity index (χ0v) is 22.4. The van der Waals surface area contributed by atoms with Crippen molar-refractivity contribution >= 4 is 50.7 Å². The number of thioether (sulfide) groups is 1. The highest BCUT2D eigenvalue weighted by molar-refractivity contribution is 8.27. The van der Waals surface area contributed by atoms with Crippen LogP contribution in [0.1, 0.15) is 28.7 Å². The molecule has 0 radical (unpaired) electrons. The highest BCUT2D eigenvalue weighted by Crippen LogP contribution is 2.32. The predicted molar refractivity (Wildman–Crippen MR) is 156 cm³/mol. The summed E-state index contributed by atoms with van der Waals surface area (Å²) in [7, 11) is 0. The lowest BCUT2D eigenvalue weighted by atomic mass is 10.1. The van der Waals surface area contributed by atoms with E-state index in [0.29, 0.717) is 16.8 Å². The highest BCUT2D eigenvalue weighted by Gasteiger charge is 2.36. The topological polar surface area (TPSA) is 95.9 Å². The van der Waals surface area contributed by atoms with Gasteiger partial charge in [0, 0.05) is 47.2 Å². The number of aryl methyl sites for hydroxylation is 3. The maximum atomic E-state index is 13.0. The number of aliphatic imine (C=N–C) groups is 1. The Balaban J connectivity index is 1.23. The summed E-state index contributed by atoms with van der Waals surface area (Å²) < 4.78 is 8.22. The molecule has 4 aromatic rings. The van der Waals surface area contributed by atoms with Crippen LogP contribution in [0.15, 0.2) is 88.9 Å². The Morgan fingerprint density at radius 1 is 1.10 bits per heavy atom. The van der Waals surface area contributed by atoms with E-state index in [1.807, 2.05) is 36.5 Å². The number of ether oxygens (including phenoxy) is 1. The quantitative estimate of drug-likeness (QED) is 0.239. The molecule has 4 heterocycles. The average Bonchev–Trinajstić information content (AvgIpc) is 3.53. The number of hydrogen-bond acceptors (Lipinski definition) is 6. The van der Waals surface area contributed by atoms with Crippen molar-refractivity contribution in [2.45, 2.75) is 26.8 Å². The SMILES string of the molecule is Cc1ccc(C)c(OCCCn2cc(/C=C3/C(=N)N4N=C(c5cccnc5)SC4=NC3=O)c3ccccc32)c1. The molecule has 194 valence electrons. The van der Waals surface area contributed by atoms with Crippen LogP contribution in [0.3, 0.4) is 0 Å². The van der Waals surface area contributed by atoms with E-state index in [2.05, 4.69) is 57.8 Å². The smallest absolute Gasteiger partial charge is 0.283 e. The molecule has 6 rings (SSSR count). The van der Waals surface area contributed by atoms with Gasteiger partial charge in [-0.1, -0.05) is 30.3 Å². The van der Waals surface area contributed by atoms with Crippen LogP contribution < -0.4 is 4.74 Å². The number of aromatic nitrogens is 2. The molecule has 0 fully saturated rings. The molecular weight excluding hydrogens is 508 g/mol. The van der Waals surface area contributed by atoms with Gasteiger partial charge in [0.15, 0.2) is 5.84 Å². The lowest BCUT2D eigenvalue weighted by Crippen LogP contribution is -2.35. The molecule has 2 aromatic heterocycles. The van der Waals surface area contributed by atoms with E-state index in [-0.39, 0.29) is 11.4 Å². The molecule has 0 bridgehead atoms. The third-order valence-corrected chi connectivity index (χ3v) is 7.58. The monoisotopic (exact) mass is 534 g/mol. The number of hydrazone groups is 1. The number of carbonyl (C=O) groups excluding carboxylic acids is 1. The molecule has 0 saturated heterocycles. The molecule has 1 N–H and O–H groups in total. The van der Waals surface area contributed by atoms with Gasteiger partial charge in [-0.2, -0.15) is 15.1 Å². The van der Waals surface area contributed by atoms with Crippen LogP contribution in [0.5, 0.6) is 5.75 Å². The first-order valence-electron chi connectivity index (χ1n) is 12.7. The van der Waals surface area contributed by atoms with E-state index < -0.39 is 5.91 Å². The third-order valence-electron chi connectivity index (χ3n) is 6.63. The summed E-state index contributed by atoms with van der Waals surface area (Å²) in [5.74, 6) is 0.483. The van der Waals surface area contributed by atoms with Gasteiger partial charge in [-0.15, -0.1) is 0 Å². The van der Waals surface area contributed by atoms with E-state index in [9.17, 15) is 4.79 Å². The number of benzene rings is 2. The molecule has 0 atom stereocenters. The first kappa shape index (κ1) is 24.8. The van der Waals surface area contributed by atoms with Crippen molar-refractivity contribution in [3.05, 3.63) is 101 Å². The summed E-state index contributed by atoms with van der Waals surface area (Å²) in [6, 6.07) is 18.0. The zero-order valence-electron chi connectivity index (χ0n) is 21.6. The molecule has 0 spiro atoms. The van der Waals surface area contributed by atoms with Crippen LogP contribution in [0.4, 0.5) is 0 Å². The van der Waals surface area contributed by atoms with Crippen molar-refractivity contribution < 1.29 is 9.53 Å². The van der Waals surface area contributed by atoms with E-state index in [0.717, 1.165) is 46.3 Å². The minimum absolute atomic E-state index is 0.00939. The number of pyridine rings is 1. The van der Waals surface area contributed by atoms with Crippen LogP contribution >= 0.6 is 11.8 Å². The number of para-hydroxylation sites is 1. The number of hydrogen-bond donors (Lipinski definition) is 1. The third kappa shape index (κ3) is 4.88. The van der Waals surface area contributed by atoms with Crippen LogP contribution in [0, 0.1) is 19.3 Å². The van der Waals surface area contributed by atoms with Gasteiger partial charge in [0.2, 0.25) is 5.17 Å². The molecule has 0 saturated carbocycles. The molecule has 2 aliphatic rings. The van der Waals surface area contributed by atoms with Crippen LogP contribution in [-0.4, -0.2) is 43.1 Å². The van der Waals surface area contributed by atoms with Gasteiger partial charge in [-0.25, -0.2) is 0 Å². The number of rotatable bonds is 7. The molecule has 0 unspecified atom stereocenters. The minimum atomic E-state index is -0.444. The number of amides is 1. The second kappa shape index (κ2) is 10.3. The van der Waals surface area contributed by atoms with Gasteiger partial charge in [0.1, 0.15) is 10.8 Å². The van der Waals surface area contributed by atoms with E-state index >= 15 is 0 Å². The number of nitrogens with zero attached hydrogens (tertiary/aromatic N) is 5. The summed E-state index contributed by atoms with van der Waals surface area (Å²) in [5.41, 5.74) is 5.24. The maximum absolute atomic E-state index is 13.0. The van der Waals surface area contributed by atoms with Crippen LogP contribution in [0.2, 0.25) is 0 Å². The fourth-order valence-corrected chi connectivity index (χ4v) is 5.49. The van der Waals surface area contributed by atoms with Gasteiger partial charge in [-0.3, -0.25) is 15.2 Å². The van der Waals surface area contributed by atoms with Crippen LogP contribution in [-0.2, 0) is 11.3 Å². The molecule has 1 amide bonds. The highest BCUT2D eigenvalue weighted by atomic mass is 32.2. The Morgan fingerprint density at radius 3 is 2.82 bits per heavy atom. The van der Waals surface area contributed by atoms with Crippen molar-refractivity contribution in [1.29, 1.82) is 5.41 Å². The number of carbonyl (C=O) groups is 1. The maximum Gasteiger partial charge on any atom is 0.283 e. The van der Waals surface area contributed by atoms with Crippen molar-refractivity contribution in [1.82, 2.24) is 14.6 Å². The molecule has 39 heavy (non-hydrogen) atoms. The Hall–Kier alpha value is -4.50. The van der Waals surface area contributed by atoms with Crippen molar-refractivity contribution in [3.8, 4) is 5.75 Å². The fourth-order valence-electron chi connectivity index (χ4n) is 4.61. The zero-order chi connectivity index (χ0) is 26.9. The Bertz CT molecular complexity index is 1700. The van der Waals surface area contributed by atoms with Crippen LogP contribution in [0.25, 0.3) is 17.0 Å². The van der Waals surface area contributed by atoms with Gasteiger partial charge in [-0.05, 0) is 73.5 Å². The Labute approximate surface area is 230 Å². The Morgan fingerprint density at radius 2 is 1.97 bits per heavy atom. The lowest BCUT2D eigenvalue weighted by molar-refractivity contribution is -0.114. The number of amidine groups is 2. The Kier molecular flexibility index (Phi) is 6.58. The predicted octanol–water partition coefficient (Wildman–Crippen LogP) is 5.79. The largest absolute Gasteiger partial charge is 0.493 e. The lowest BCUT2D eigenvalue weighted by Gasteiger charge is -2.20. The van der Waals surface area contributed by atoms with E-state index in [1.54, 1.807) is 18.5 Å². The molecule has 2 aliphatic heterocycles. The first-order valence-corrected chi connectivity index (χ1v) is 13.5. The first-order chi connectivity index (χ1) is 19.0. The molecular formula is C30H26N6O2S. The van der Waals surface area contributed by atoms with E-state index in [1.165, 1.54) is 22.3 Å². The summed E-state index contributed by atoms with van der Waals surface area (Å²) in [5, 5.41) is 16.8. The standard InChI is InChI=1S/C30H26N6O2S/c1-19-10-11-20(2)26(15-19)38-14-6-13-35-18-22(23-8-3-4-9-25(23)35)16-24-27(31)36-30(33-28(24)37)39-29(34-36)21-7-5-12-32-17-21/h3-5,7-12,15-18,31H,6,13-14H2,1-2H3/b24-16-,31-27?. The van der Waals surface area contributed by atoms with Gasteiger partial charge in [0.25, 0.3) is 5.91 Å². The summed E-state index contributed by atoms with van der Waals surface area (Å²) in [6.07, 6.45) is 7.99. The molecule has 0 aliphatic carbocycles. The van der Waals surface area contributed by atoms with Gasteiger partial charge < -0.3 is 9.30 Å². The average molecular weight is 535 g/mol. The van der Waals surface area contributed by atoms with Crippen molar-refractivity contribution in [2.75, 3.05) is 6.61 Å². The minimum Gasteiger partial charge on any atom is -0.493 e. The normalized spacial score (nSPS) is 16.1. The fraction of sp³-hybridized carbons (Fsp3) is 0.167. The number of fused-ring (bicyclic) bond motifs is 2. The number of nitrogens with one attached hydrogen (secondary N) is 1. The van der Waals surface area contributed by atoms with E-state index in [4.69, 9.17) is 10.1 Å². The van der Waals surface area contributed by atoms with Crippen molar-refractivity contribution in [3.63, 3.8) is 0 Å². The second-order valence-corrected chi connectivity index (χ2v) is 10.4. The molecule has 9 heteroatoms. The second-order valence-electron chi connectivity index (χ2n) is 9.43. The summed E-state index contributed by atoms with van der Waals surface area (Å²) in [6.45, 7) is 5.46.